The minimum atomic E-state index is -0.320. The van der Waals surface area contributed by atoms with Crippen LogP contribution in [0, 0.1) is 12.7 Å². The Bertz CT molecular complexity index is 765. The van der Waals surface area contributed by atoms with E-state index < -0.39 is 0 Å². The van der Waals surface area contributed by atoms with Crippen molar-refractivity contribution >= 4 is 0 Å². The van der Waals surface area contributed by atoms with Gasteiger partial charge in [0.05, 0.1) is 11.4 Å². The summed E-state index contributed by atoms with van der Waals surface area (Å²) in [6.07, 6.45) is 0. The van der Waals surface area contributed by atoms with Gasteiger partial charge >= 0.3 is 0 Å². The first-order valence-electron chi connectivity index (χ1n) is 6.25. The summed E-state index contributed by atoms with van der Waals surface area (Å²) in [6.45, 7) is 1.94. The molecule has 0 spiro atoms. The van der Waals surface area contributed by atoms with Gasteiger partial charge in [0, 0.05) is 11.1 Å². The van der Waals surface area contributed by atoms with E-state index in [4.69, 9.17) is 0 Å². The number of benzene rings is 2. The lowest BCUT2D eigenvalue weighted by molar-refractivity contribution is 0.477. The Morgan fingerprint density at radius 3 is 2.65 bits per heavy atom. The first kappa shape index (κ1) is 12.4. The third-order valence-electron chi connectivity index (χ3n) is 3.17. The summed E-state index contributed by atoms with van der Waals surface area (Å²) in [6, 6.07) is 13.5. The number of hydrogen-bond donors (Lipinski definition) is 2. The topological polar surface area (TPSA) is 48.9 Å². The lowest BCUT2D eigenvalue weighted by atomic mass is 10.1. The summed E-state index contributed by atoms with van der Waals surface area (Å²) in [7, 11) is 0. The summed E-state index contributed by atoms with van der Waals surface area (Å²) in [5.41, 5.74) is 3.28. The van der Waals surface area contributed by atoms with Crippen LogP contribution in [-0.2, 0) is 0 Å². The fourth-order valence-electron chi connectivity index (χ4n) is 2.13. The molecule has 0 aliphatic carbocycles. The summed E-state index contributed by atoms with van der Waals surface area (Å²) in [5.74, 6) is -0.154. The van der Waals surface area contributed by atoms with Crippen LogP contribution in [0.25, 0.3) is 22.5 Å². The molecule has 2 aromatic carbocycles. The van der Waals surface area contributed by atoms with Crippen LogP contribution < -0.4 is 0 Å². The second-order valence-electron chi connectivity index (χ2n) is 4.67. The fourth-order valence-corrected chi connectivity index (χ4v) is 2.13. The molecule has 1 heterocycles. The van der Waals surface area contributed by atoms with Crippen LogP contribution in [0.1, 0.15) is 5.56 Å². The second-order valence-corrected chi connectivity index (χ2v) is 4.67. The van der Waals surface area contributed by atoms with E-state index in [0.29, 0.717) is 22.5 Å². The van der Waals surface area contributed by atoms with Crippen molar-refractivity contribution < 1.29 is 9.50 Å². The highest BCUT2D eigenvalue weighted by Gasteiger charge is 2.11. The van der Waals surface area contributed by atoms with E-state index in [0.717, 1.165) is 5.56 Å². The molecule has 0 saturated heterocycles. The zero-order valence-corrected chi connectivity index (χ0v) is 10.9. The maximum absolute atomic E-state index is 13.7. The van der Waals surface area contributed by atoms with Crippen molar-refractivity contribution in [2.45, 2.75) is 6.92 Å². The maximum Gasteiger partial charge on any atom is 0.132 e. The molecule has 3 rings (SSSR count). The fraction of sp³-hybridized carbons (Fsp3) is 0.0625. The normalized spacial score (nSPS) is 10.7. The number of rotatable bonds is 2. The zero-order chi connectivity index (χ0) is 14.1. The average Bonchev–Trinajstić information content (AvgIpc) is 2.91. The van der Waals surface area contributed by atoms with E-state index in [1.165, 1.54) is 6.07 Å². The van der Waals surface area contributed by atoms with Gasteiger partial charge in [-0.15, -0.1) is 0 Å². The Balaban J connectivity index is 2.07. The van der Waals surface area contributed by atoms with Crippen LogP contribution in [0.15, 0.2) is 48.5 Å². The molecule has 2 N–H and O–H groups in total. The molecule has 1 aromatic heterocycles. The molecular weight excluding hydrogens is 255 g/mol. The van der Waals surface area contributed by atoms with Crippen molar-refractivity contribution in [1.82, 2.24) is 10.2 Å². The van der Waals surface area contributed by atoms with Crippen LogP contribution in [0.3, 0.4) is 0 Å². The third-order valence-corrected chi connectivity index (χ3v) is 3.17. The van der Waals surface area contributed by atoms with Gasteiger partial charge in [-0.2, -0.15) is 5.10 Å². The number of aromatic hydroxyl groups is 1. The van der Waals surface area contributed by atoms with Crippen LogP contribution in [-0.4, -0.2) is 15.3 Å². The summed E-state index contributed by atoms with van der Waals surface area (Å²) >= 11 is 0. The van der Waals surface area contributed by atoms with E-state index in [-0.39, 0.29) is 11.6 Å². The molecule has 0 fully saturated rings. The largest absolute Gasteiger partial charge is 0.507 e. The molecule has 3 nitrogen and oxygen atoms in total. The standard InChI is InChI=1S/C16H13FN2O/c1-10-6-7-16(20)12(8-10)15-9-14(18-19-15)11-4-2-3-5-13(11)17/h2-9,20H,1H3,(H,18,19). The van der Waals surface area contributed by atoms with Crippen molar-refractivity contribution in [2.75, 3.05) is 0 Å². The number of nitrogens with zero attached hydrogens (tertiary/aromatic N) is 1. The van der Waals surface area contributed by atoms with Gasteiger partial charge in [0.15, 0.2) is 0 Å². The van der Waals surface area contributed by atoms with E-state index in [1.807, 2.05) is 19.1 Å². The van der Waals surface area contributed by atoms with Gasteiger partial charge in [-0.25, -0.2) is 4.39 Å². The van der Waals surface area contributed by atoms with Gasteiger partial charge in [0.25, 0.3) is 0 Å². The van der Waals surface area contributed by atoms with E-state index in [9.17, 15) is 9.50 Å². The van der Waals surface area contributed by atoms with Crippen molar-refractivity contribution in [3.8, 4) is 28.3 Å². The van der Waals surface area contributed by atoms with Crippen LogP contribution in [0.5, 0.6) is 5.75 Å². The van der Waals surface area contributed by atoms with Crippen LogP contribution in [0.2, 0.25) is 0 Å². The van der Waals surface area contributed by atoms with E-state index >= 15 is 0 Å². The molecule has 0 aliphatic rings. The highest BCUT2D eigenvalue weighted by molar-refractivity contribution is 5.72. The SMILES string of the molecule is Cc1ccc(O)c(-c2cc(-c3ccccc3F)n[nH]2)c1. The molecule has 0 radical (unpaired) electrons. The monoisotopic (exact) mass is 268 g/mol. The molecule has 0 aliphatic heterocycles. The zero-order valence-electron chi connectivity index (χ0n) is 10.9. The van der Waals surface area contributed by atoms with Crippen LogP contribution >= 0.6 is 0 Å². The number of aryl methyl sites for hydroxylation is 1. The van der Waals surface area contributed by atoms with Gasteiger partial charge in [0.2, 0.25) is 0 Å². The predicted octanol–water partition coefficient (Wildman–Crippen LogP) is 3.90. The smallest absolute Gasteiger partial charge is 0.132 e. The number of phenolic OH excluding ortho intramolecular Hbond substituents is 1. The highest BCUT2D eigenvalue weighted by Crippen LogP contribution is 2.31. The third kappa shape index (κ3) is 2.16. The Labute approximate surface area is 115 Å². The number of phenols is 1. The van der Waals surface area contributed by atoms with Gasteiger partial charge in [0.1, 0.15) is 11.6 Å². The van der Waals surface area contributed by atoms with Gasteiger partial charge < -0.3 is 5.11 Å². The van der Waals surface area contributed by atoms with Crippen molar-refractivity contribution in [1.29, 1.82) is 0 Å². The molecule has 0 bridgehead atoms. The lowest BCUT2D eigenvalue weighted by Gasteiger charge is -2.02. The molecule has 0 amide bonds. The first-order valence-corrected chi connectivity index (χ1v) is 6.25. The lowest BCUT2D eigenvalue weighted by Crippen LogP contribution is -1.82. The number of aromatic amines is 1. The molecule has 20 heavy (non-hydrogen) atoms. The number of nitrogens with one attached hydrogen (secondary N) is 1. The predicted molar refractivity (Wildman–Crippen MR) is 75.8 cm³/mol. The molecule has 0 unspecified atom stereocenters. The molecule has 100 valence electrons. The summed E-state index contributed by atoms with van der Waals surface area (Å²) in [5, 5.41) is 16.9. The molecule has 0 saturated carbocycles. The summed E-state index contributed by atoms with van der Waals surface area (Å²) in [4.78, 5) is 0. The number of H-pyrrole nitrogens is 1. The van der Waals surface area contributed by atoms with Gasteiger partial charge in [-0.05, 0) is 37.3 Å². The maximum atomic E-state index is 13.7. The second kappa shape index (κ2) is 4.81. The molecular formula is C16H13FN2O. The molecule has 0 atom stereocenters. The quantitative estimate of drug-likeness (QED) is 0.740. The van der Waals surface area contributed by atoms with Crippen LogP contribution in [0.4, 0.5) is 4.39 Å². The number of hydrogen-bond acceptors (Lipinski definition) is 2. The average molecular weight is 268 g/mol. The Hall–Kier alpha value is -2.62. The summed E-state index contributed by atoms with van der Waals surface area (Å²) < 4.78 is 13.7. The Morgan fingerprint density at radius 2 is 1.85 bits per heavy atom. The molecule has 3 aromatic rings. The Morgan fingerprint density at radius 1 is 1.05 bits per heavy atom. The highest BCUT2D eigenvalue weighted by atomic mass is 19.1. The molecule has 4 heteroatoms. The van der Waals surface area contributed by atoms with Crippen molar-refractivity contribution in [2.24, 2.45) is 0 Å². The van der Waals surface area contributed by atoms with Gasteiger partial charge in [-0.3, -0.25) is 5.10 Å². The van der Waals surface area contributed by atoms with E-state index in [2.05, 4.69) is 10.2 Å². The van der Waals surface area contributed by atoms with Gasteiger partial charge in [-0.1, -0.05) is 23.8 Å². The minimum Gasteiger partial charge on any atom is -0.507 e. The van der Waals surface area contributed by atoms with Crippen molar-refractivity contribution in [3.63, 3.8) is 0 Å². The minimum absolute atomic E-state index is 0.166. The Kier molecular flexibility index (Phi) is 2.99. The number of halogens is 1. The number of aromatic nitrogens is 2. The van der Waals surface area contributed by atoms with Crippen molar-refractivity contribution in [3.05, 3.63) is 59.9 Å². The van der Waals surface area contributed by atoms with E-state index in [1.54, 1.807) is 30.3 Å². The first-order chi connectivity index (χ1) is 9.65.